The van der Waals surface area contributed by atoms with Gasteiger partial charge in [0, 0.05) is 25.9 Å². The third-order valence-corrected chi connectivity index (χ3v) is 4.12. The predicted octanol–water partition coefficient (Wildman–Crippen LogP) is 3.69. The predicted molar refractivity (Wildman–Crippen MR) is 81.5 cm³/mol. The lowest BCUT2D eigenvalue weighted by atomic mass is 9.96. The summed E-state index contributed by atoms with van der Waals surface area (Å²) >= 11 is 0. The Kier molecular flexibility index (Phi) is 3.55. The zero-order valence-electron chi connectivity index (χ0n) is 11.8. The first-order chi connectivity index (χ1) is 9.74. The first kappa shape index (κ1) is 12.9. The van der Waals surface area contributed by atoms with E-state index >= 15 is 0 Å². The molecule has 1 fully saturated rings. The van der Waals surface area contributed by atoms with Crippen molar-refractivity contribution in [3.05, 3.63) is 60.2 Å². The summed E-state index contributed by atoms with van der Waals surface area (Å²) in [6.07, 6.45) is 1.07. The quantitative estimate of drug-likeness (QED) is 0.811. The largest absolute Gasteiger partial charge is 0.342 e. The molecule has 0 spiro atoms. The van der Waals surface area contributed by atoms with Crippen LogP contribution in [0.25, 0.3) is 11.1 Å². The maximum atomic E-state index is 11.4. The molecule has 2 nitrogen and oxygen atoms in total. The number of carbonyl (C=O) groups is 1. The molecular weight excluding hydrogens is 246 g/mol. The van der Waals surface area contributed by atoms with Crippen LogP contribution in [0, 0.1) is 0 Å². The Morgan fingerprint density at radius 2 is 1.65 bits per heavy atom. The molecule has 0 bridgehead atoms. The molecule has 0 aromatic heterocycles. The van der Waals surface area contributed by atoms with Crippen LogP contribution in [-0.2, 0) is 4.79 Å². The van der Waals surface area contributed by atoms with Gasteiger partial charge < -0.3 is 4.90 Å². The third kappa shape index (κ3) is 2.60. The number of carbonyl (C=O) groups excluding carboxylic acids is 1. The zero-order chi connectivity index (χ0) is 13.9. The SMILES string of the molecule is CC(=O)N1CCC(c2ccc(-c3ccccc3)cc2)C1. The molecule has 3 rings (SSSR count). The number of nitrogens with zero attached hydrogens (tertiary/aromatic N) is 1. The van der Waals surface area contributed by atoms with E-state index in [0.717, 1.165) is 19.5 Å². The molecule has 0 aliphatic carbocycles. The number of rotatable bonds is 2. The van der Waals surface area contributed by atoms with Gasteiger partial charge >= 0.3 is 0 Å². The van der Waals surface area contributed by atoms with Gasteiger partial charge in [-0.1, -0.05) is 54.6 Å². The van der Waals surface area contributed by atoms with Gasteiger partial charge in [0.15, 0.2) is 0 Å². The van der Waals surface area contributed by atoms with Crippen molar-refractivity contribution >= 4 is 5.91 Å². The van der Waals surface area contributed by atoms with E-state index in [1.165, 1.54) is 16.7 Å². The van der Waals surface area contributed by atoms with Crippen LogP contribution in [0.3, 0.4) is 0 Å². The van der Waals surface area contributed by atoms with Gasteiger partial charge in [0.2, 0.25) is 5.91 Å². The highest BCUT2D eigenvalue weighted by molar-refractivity contribution is 5.73. The van der Waals surface area contributed by atoms with Crippen molar-refractivity contribution in [1.29, 1.82) is 0 Å². The normalized spacial score (nSPS) is 18.2. The molecule has 1 unspecified atom stereocenters. The number of likely N-dealkylation sites (tertiary alicyclic amines) is 1. The van der Waals surface area contributed by atoms with Gasteiger partial charge in [-0.3, -0.25) is 4.79 Å². The van der Waals surface area contributed by atoms with Crippen molar-refractivity contribution in [2.24, 2.45) is 0 Å². The fourth-order valence-electron chi connectivity index (χ4n) is 2.90. The average molecular weight is 265 g/mol. The molecule has 1 aliphatic rings. The van der Waals surface area contributed by atoms with Crippen molar-refractivity contribution in [1.82, 2.24) is 4.90 Å². The van der Waals surface area contributed by atoms with E-state index in [4.69, 9.17) is 0 Å². The number of hydrogen-bond donors (Lipinski definition) is 0. The fourth-order valence-corrected chi connectivity index (χ4v) is 2.90. The Morgan fingerprint density at radius 3 is 2.25 bits per heavy atom. The lowest BCUT2D eigenvalue weighted by Gasteiger charge is -2.14. The van der Waals surface area contributed by atoms with Crippen LogP contribution in [0.4, 0.5) is 0 Å². The van der Waals surface area contributed by atoms with E-state index in [1.807, 2.05) is 11.0 Å². The van der Waals surface area contributed by atoms with Gasteiger partial charge in [0.1, 0.15) is 0 Å². The Bertz CT molecular complexity index is 589. The van der Waals surface area contributed by atoms with Gasteiger partial charge in [-0.05, 0) is 23.1 Å². The van der Waals surface area contributed by atoms with E-state index < -0.39 is 0 Å². The number of benzene rings is 2. The molecule has 20 heavy (non-hydrogen) atoms. The molecule has 1 amide bonds. The van der Waals surface area contributed by atoms with Crippen LogP contribution in [0.5, 0.6) is 0 Å². The molecule has 102 valence electrons. The van der Waals surface area contributed by atoms with Crippen molar-refractivity contribution < 1.29 is 4.79 Å². The van der Waals surface area contributed by atoms with Crippen molar-refractivity contribution in [3.63, 3.8) is 0 Å². The van der Waals surface area contributed by atoms with Crippen LogP contribution in [-0.4, -0.2) is 23.9 Å². The summed E-state index contributed by atoms with van der Waals surface area (Å²) in [5, 5.41) is 0. The highest BCUT2D eigenvalue weighted by atomic mass is 16.2. The minimum atomic E-state index is 0.188. The van der Waals surface area contributed by atoms with Crippen molar-refractivity contribution in [2.75, 3.05) is 13.1 Å². The Balaban J connectivity index is 1.76. The lowest BCUT2D eigenvalue weighted by molar-refractivity contribution is -0.127. The summed E-state index contributed by atoms with van der Waals surface area (Å²) in [5.74, 6) is 0.678. The molecular formula is C18H19NO. The molecule has 0 saturated carbocycles. The van der Waals surface area contributed by atoms with E-state index in [0.29, 0.717) is 5.92 Å². The highest BCUT2D eigenvalue weighted by Gasteiger charge is 2.25. The van der Waals surface area contributed by atoms with Crippen molar-refractivity contribution in [3.8, 4) is 11.1 Å². The van der Waals surface area contributed by atoms with Crippen LogP contribution >= 0.6 is 0 Å². The molecule has 1 atom stereocenters. The van der Waals surface area contributed by atoms with Gasteiger partial charge in [0.05, 0.1) is 0 Å². The fraction of sp³-hybridized carbons (Fsp3) is 0.278. The first-order valence-corrected chi connectivity index (χ1v) is 7.15. The van der Waals surface area contributed by atoms with E-state index in [-0.39, 0.29) is 5.91 Å². The summed E-state index contributed by atoms with van der Waals surface area (Å²) in [7, 11) is 0. The van der Waals surface area contributed by atoms with Gasteiger partial charge in [0.25, 0.3) is 0 Å². The van der Waals surface area contributed by atoms with Crippen molar-refractivity contribution in [2.45, 2.75) is 19.3 Å². The second-order valence-corrected chi connectivity index (χ2v) is 5.44. The van der Waals surface area contributed by atoms with Crippen LogP contribution in [0.15, 0.2) is 54.6 Å². The van der Waals surface area contributed by atoms with Gasteiger partial charge in [-0.15, -0.1) is 0 Å². The minimum Gasteiger partial charge on any atom is -0.342 e. The standard InChI is InChI=1S/C18H19NO/c1-14(20)19-12-11-18(13-19)17-9-7-16(8-10-17)15-5-3-2-4-6-15/h2-10,18H,11-13H2,1H3. The Hall–Kier alpha value is -2.09. The van der Waals surface area contributed by atoms with Gasteiger partial charge in [-0.25, -0.2) is 0 Å². The molecule has 2 heteroatoms. The molecule has 2 aromatic rings. The summed E-state index contributed by atoms with van der Waals surface area (Å²) in [4.78, 5) is 13.3. The number of hydrogen-bond acceptors (Lipinski definition) is 1. The maximum Gasteiger partial charge on any atom is 0.219 e. The molecule has 1 aliphatic heterocycles. The highest BCUT2D eigenvalue weighted by Crippen LogP contribution is 2.29. The smallest absolute Gasteiger partial charge is 0.219 e. The summed E-state index contributed by atoms with van der Waals surface area (Å²) in [6.45, 7) is 3.40. The molecule has 0 N–H and O–H groups in total. The maximum absolute atomic E-state index is 11.4. The van der Waals surface area contributed by atoms with E-state index in [2.05, 4.69) is 48.5 Å². The van der Waals surface area contributed by atoms with Crippen LogP contribution in [0.1, 0.15) is 24.8 Å². The summed E-state index contributed by atoms with van der Waals surface area (Å²) in [5.41, 5.74) is 3.83. The van der Waals surface area contributed by atoms with Gasteiger partial charge in [-0.2, -0.15) is 0 Å². The Labute approximate surface area is 120 Å². The van der Waals surface area contributed by atoms with Crippen LogP contribution < -0.4 is 0 Å². The lowest BCUT2D eigenvalue weighted by Crippen LogP contribution is -2.25. The first-order valence-electron chi connectivity index (χ1n) is 7.15. The van der Waals surface area contributed by atoms with E-state index in [9.17, 15) is 4.79 Å². The molecule has 1 saturated heterocycles. The summed E-state index contributed by atoms with van der Waals surface area (Å²) in [6, 6.07) is 19.2. The zero-order valence-corrected chi connectivity index (χ0v) is 11.8. The average Bonchev–Trinajstić information content (AvgIpc) is 2.98. The topological polar surface area (TPSA) is 20.3 Å². The monoisotopic (exact) mass is 265 g/mol. The second-order valence-electron chi connectivity index (χ2n) is 5.44. The minimum absolute atomic E-state index is 0.188. The number of amides is 1. The molecule has 2 aromatic carbocycles. The van der Waals surface area contributed by atoms with E-state index in [1.54, 1.807) is 6.92 Å². The second kappa shape index (κ2) is 5.49. The van der Waals surface area contributed by atoms with Crippen LogP contribution in [0.2, 0.25) is 0 Å². The third-order valence-electron chi connectivity index (χ3n) is 4.12. The molecule has 1 heterocycles. The Morgan fingerprint density at radius 1 is 1.00 bits per heavy atom. The summed E-state index contributed by atoms with van der Waals surface area (Å²) < 4.78 is 0. The molecule has 0 radical (unpaired) electrons.